The van der Waals surface area contributed by atoms with Crippen LogP contribution in [0.2, 0.25) is 0 Å². The number of rotatable bonds is 0. The summed E-state index contributed by atoms with van der Waals surface area (Å²) in [6, 6.07) is 0. The summed E-state index contributed by atoms with van der Waals surface area (Å²) in [5, 5.41) is 0. The Hall–Kier alpha value is 0.986. The van der Waals surface area contributed by atoms with Crippen molar-refractivity contribution in [3.05, 3.63) is 0 Å². The van der Waals surface area contributed by atoms with Crippen LogP contribution in [0.5, 0.6) is 0 Å². The van der Waals surface area contributed by atoms with Gasteiger partial charge < -0.3 is 59.2 Å². The molecule has 0 fully saturated rings. The molecule has 0 N–H and O–H groups in total. The van der Waals surface area contributed by atoms with E-state index >= 15 is 0 Å². The van der Waals surface area contributed by atoms with Crippen LogP contribution in [-0.2, 0) is 34.7 Å². The quantitative estimate of drug-likeness (QED) is 0.346. The molecule has 0 amide bonds. The Kier molecular flexibility index (Phi) is 22.1. The van der Waals surface area contributed by atoms with Crippen LogP contribution in [0.1, 0.15) is 0 Å². The average molecular weight is 239 g/mol. The van der Waals surface area contributed by atoms with Gasteiger partial charge in [-0.15, -0.1) is 0 Å². The molecule has 0 spiro atoms. The van der Waals surface area contributed by atoms with Crippen LogP contribution in [0, 0.1) is 0 Å². The Morgan fingerprint density at radius 3 is 1.09 bits per heavy atom. The van der Waals surface area contributed by atoms with Gasteiger partial charge in [0.15, 0.2) is 0 Å². The third-order valence-electron chi connectivity index (χ3n) is 0.333. The summed E-state index contributed by atoms with van der Waals surface area (Å²) in [5.41, 5.74) is 0. The van der Waals surface area contributed by atoms with Crippen molar-refractivity contribution >= 4 is 81.5 Å². The van der Waals surface area contributed by atoms with E-state index in [1.807, 2.05) is 0 Å². The Labute approximate surface area is 104 Å². The van der Waals surface area contributed by atoms with Crippen LogP contribution in [-0.4, -0.2) is 46.0 Å². The zero-order valence-corrected chi connectivity index (χ0v) is 10.8. The minimum Gasteiger partial charge on any atom is -0.517 e. The van der Waals surface area contributed by atoms with E-state index < -0.39 is 0 Å². The molecular weight excluding hydrogens is 233 g/mol. The Bertz CT molecular complexity index is 105. The summed E-state index contributed by atoms with van der Waals surface area (Å²) < 4.78 is 8.94. The second-order valence-corrected chi connectivity index (χ2v) is 2.91. The maximum atomic E-state index is 4.30. The van der Waals surface area contributed by atoms with E-state index in [2.05, 4.69) is 59.2 Å². The monoisotopic (exact) mass is 238 g/mol. The van der Waals surface area contributed by atoms with Gasteiger partial charge in [-0.1, -0.05) is 0 Å². The number of hydrogen-bond donors (Lipinski definition) is 0. The predicted molar refractivity (Wildman–Crippen MR) is 59.7 cm³/mol. The van der Waals surface area contributed by atoms with E-state index in [1.54, 1.807) is 0 Å². The van der Waals surface area contributed by atoms with Crippen molar-refractivity contribution in [2.24, 2.45) is 0 Å². The molecule has 0 heterocycles. The molecule has 0 aromatic rings. The molecule has 11 heavy (non-hydrogen) atoms. The molecule has 0 aliphatic carbocycles. The summed E-state index contributed by atoms with van der Waals surface area (Å²) in [4.78, 5) is 0. The third-order valence-corrected chi connectivity index (χ3v) is 1.00. The van der Waals surface area contributed by atoms with Gasteiger partial charge in [0.05, 0.1) is 14.2 Å². The first-order valence-corrected chi connectivity index (χ1v) is 3.67. The first-order chi connectivity index (χ1) is 4.54. The van der Waals surface area contributed by atoms with Crippen LogP contribution in [0.3, 0.4) is 0 Å². The fourth-order valence-electron chi connectivity index (χ4n) is 0. The first-order valence-electron chi connectivity index (χ1n) is 2.04. The molecular formula is C4H6MgO2S4. The second-order valence-electron chi connectivity index (χ2n) is 0.908. The smallest absolute Gasteiger partial charge is 0.517 e. The SMILES string of the molecule is COC(=S)[S-].COC(=S)[S-].[Mg+2]. The standard InChI is InChI=1S/2C2H4OS2.Mg/c2*1-3-2(4)5;/h2*1H3,(H,4,5);/q;;+2/p-2. The zero-order valence-electron chi connectivity index (χ0n) is 6.16. The minimum absolute atomic E-state index is 0. The molecule has 0 aliphatic heterocycles. The topological polar surface area (TPSA) is 18.5 Å². The largest absolute Gasteiger partial charge is 2.00 e. The maximum absolute atomic E-state index is 4.30. The summed E-state index contributed by atoms with van der Waals surface area (Å²) in [7, 11) is 2.91. The summed E-state index contributed by atoms with van der Waals surface area (Å²) >= 11 is 17.2. The van der Waals surface area contributed by atoms with E-state index in [9.17, 15) is 0 Å². The molecule has 60 valence electrons. The first kappa shape index (κ1) is 17.9. The molecule has 7 heteroatoms. The number of ether oxygens (including phenoxy) is 2. The van der Waals surface area contributed by atoms with Crippen molar-refractivity contribution in [1.82, 2.24) is 0 Å². The van der Waals surface area contributed by atoms with Crippen molar-refractivity contribution in [3.8, 4) is 0 Å². The normalized spacial score (nSPS) is 6.00. The van der Waals surface area contributed by atoms with Gasteiger partial charge in [-0.25, -0.2) is 0 Å². The van der Waals surface area contributed by atoms with Crippen LogP contribution in [0.25, 0.3) is 0 Å². The van der Waals surface area contributed by atoms with E-state index in [1.165, 1.54) is 14.2 Å². The molecule has 0 rings (SSSR count). The van der Waals surface area contributed by atoms with Crippen molar-refractivity contribution in [3.63, 3.8) is 0 Å². The van der Waals surface area contributed by atoms with Crippen LogP contribution >= 0.6 is 24.4 Å². The molecule has 0 aromatic carbocycles. The van der Waals surface area contributed by atoms with Gasteiger partial charge in [-0.05, 0) is 0 Å². The Balaban J connectivity index is -0.000000107. The molecule has 0 unspecified atom stereocenters. The molecule has 0 bridgehead atoms. The molecule has 0 radical (unpaired) electrons. The predicted octanol–water partition coefficient (Wildman–Crippen LogP) is 0.548. The van der Waals surface area contributed by atoms with Crippen LogP contribution in [0.15, 0.2) is 0 Å². The van der Waals surface area contributed by atoms with Gasteiger partial charge in [-0.3, -0.25) is 0 Å². The van der Waals surface area contributed by atoms with Gasteiger partial charge in [0.1, 0.15) is 0 Å². The van der Waals surface area contributed by atoms with Crippen molar-refractivity contribution < 1.29 is 9.47 Å². The van der Waals surface area contributed by atoms with E-state index in [0.29, 0.717) is 0 Å². The van der Waals surface area contributed by atoms with Crippen LogP contribution < -0.4 is 0 Å². The van der Waals surface area contributed by atoms with Gasteiger partial charge >= 0.3 is 23.1 Å². The molecule has 0 saturated carbocycles. The zero-order chi connectivity index (χ0) is 8.57. The minimum atomic E-state index is 0. The van der Waals surface area contributed by atoms with Gasteiger partial charge in [0.25, 0.3) is 0 Å². The summed E-state index contributed by atoms with van der Waals surface area (Å²) in [6.45, 7) is 0. The van der Waals surface area contributed by atoms with Crippen molar-refractivity contribution in [1.29, 1.82) is 0 Å². The average Bonchev–Trinajstić information content (AvgIpc) is 1.89. The Morgan fingerprint density at radius 1 is 1.00 bits per heavy atom. The number of thiocarbonyl (C=S) groups is 2. The number of methoxy groups -OCH3 is 2. The van der Waals surface area contributed by atoms with E-state index in [4.69, 9.17) is 0 Å². The van der Waals surface area contributed by atoms with Gasteiger partial charge in [0.2, 0.25) is 0 Å². The molecule has 2 nitrogen and oxygen atoms in total. The fraction of sp³-hybridized carbons (Fsp3) is 0.500. The molecule has 0 aromatic heterocycles. The molecule has 0 aliphatic rings. The van der Waals surface area contributed by atoms with Crippen molar-refractivity contribution in [2.75, 3.05) is 14.2 Å². The van der Waals surface area contributed by atoms with Crippen LogP contribution in [0.4, 0.5) is 0 Å². The third kappa shape index (κ3) is 35.7. The van der Waals surface area contributed by atoms with Gasteiger partial charge in [0, 0.05) is 8.77 Å². The van der Waals surface area contributed by atoms with Gasteiger partial charge in [-0.2, -0.15) is 0 Å². The fourth-order valence-corrected chi connectivity index (χ4v) is 0. The Morgan fingerprint density at radius 2 is 1.09 bits per heavy atom. The summed E-state index contributed by atoms with van der Waals surface area (Å²) in [6.07, 6.45) is 0. The maximum Gasteiger partial charge on any atom is 2.00 e. The second kappa shape index (κ2) is 13.6. The van der Waals surface area contributed by atoms with E-state index in [-0.39, 0.29) is 31.8 Å². The van der Waals surface area contributed by atoms with Crippen molar-refractivity contribution in [2.45, 2.75) is 0 Å². The number of hydrogen-bond acceptors (Lipinski definition) is 6. The molecule has 0 saturated heterocycles. The van der Waals surface area contributed by atoms with E-state index in [0.717, 1.165) is 0 Å². The summed E-state index contributed by atoms with van der Waals surface area (Å²) in [5.74, 6) is 0. The molecule has 0 atom stereocenters.